The van der Waals surface area contributed by atoms with Crippen LogP contribution in [0.3, 0.4) is 0 Å². The lowest BCUT2D eigenvalue weighted by Crippen LogP contribution is -1.99. The molecule has 10 heavy (non-hydrogen) atoms. The van der Waals surface area contributed by atoms with Crippen LogP contribution in [0, 0.1) is 11.8 Å². The van der Waals surface area contributed by atoms with Gasteiger partial charge in [-0.1, -0.05) is 6.92 Å². The van der Waals surface area contributed by atoms with Crippen molar-refractivity contribution in [3.05, 3.63) is 0 Å². The smallest absolute Gasteiger partial charge is 0.322 e. The molecule has 0 amide bonds. The second kappa shape index (κ2) is 6.50. The van der Waals surface area contributed by atoms with E-state index in [2.05, 4.69) is 16.6 Å². The van der Waals surface area contributed by atoms with E-state index in [9.17, 15) is 8.78 Å². The van der Waals surface area contributed by atoms with Gasteiger partial charge in [0, 0.05) is 12.8 Å². The summed E-state index contributed by atoms with van der Waals surface area (Å²) in [5.41, 5.74) is 0. The van der Waals surface area contributed by atoms with E-state index in [1.807, 2.05) is 6.92 Å². The van der Waals surface area contributed by atoms with E-state index in [0.717, 1.165) is 6.42 Å². The van der Waals surface area contributed by atoms with Crippen LogP contribution in [-0.4, -0.2) is 13.2 Å². The van der Waals surface area contributed by atoms with E-state index in [1.165, 1.54) is 0 Å². The van der Waals surface area contributed by atoms with Crippen molar-refractivity contribution in [2.24, 2.45) is 0 Å². The molecule has 0 N–H and O–H groups in total. The molecule has 0 bridgehead atoms. The number of hydrogen-bond donors (Lipinski definition) is 0. The molecule has 1 nitrogen and oxygen atoms in total. The third-order valence-electron chi connectivity index (χ3n) is 0.773. The third kappa shape index (κ3) is 7.38. The Bertz CT molecular complexity index is 123. The van der Waals surface area contributed by atoms with Crippen LogP contribution < -0.4 is 0 Å². The van der Waals surface area contributed by atoms with Gasteiger partial charge in [0.2, 0.25) is 0 Å². The Labute approximate surface area is 59.4 Å². The SMILES string of the molecule is CCC#CCCOC(F)F. The van der Waals surface area contributed by atoms with E-state index >= 15 is 0 Å². The Hall–Kier alpha value is -0.620. The van der Waals surface area contributed by atoms with Crippen molar-refractivity contribution in [2.45, 2.75) is 26.4 Å². The summed E-state index contributed by atoms with van der Waals surface area (Å²) in [4.78, 5) is 0. The maximum atomic E-state index is 11.3. The molecular formula is C7H10F2O. The van der Waals surface area contributed by atoms with Crippen LogP contribution in [0.2, 0.25) is 0 Å². The summed E-state index contributed by atoms with van der Waals surface area (Å²) in [5.74, 6) is 5.43. The molecule has 0 spiro atoms. The van der Waals surface area contributed by atoms with Crippen molar-refractivity contribution in [3.63, 3.8) is 0 Å². The minimum Gasteiger partial charge on any atom is -0.322 e. The second-order valence-corrected chi connectivity index (χ2v) is 1.59. The molecule has 0 aromatic carbocycles. The van der Waals surface area contributed by atoms with Gasteiger partial charge in [0.25, 0.3) is 0 Å². The first-order valence-electron chi connectivity index (χ1n) is 3.13. The third-order valence-corrected chi connectivity index (χ3v) is 0.773. The lowest BCUT2D eigenvalue weighted by Gasteiger charge is -1.95. The molecule has 3 heteroatoms. The van der Waals surface area contributed by atoms with Crippen molar-refractivity contribution < 1.29 is 13.5 Å². The highest BCUT2D eigenvalue weighted by Crippen LogP contribution is 1.94. The second-order valence-electron chi connectivity index (χ2n) is 1.59. The van der Waals surface area contributed by atoms with Crippen LogP contribution in [0.1, 0.15) is 19.8 Å². The molecule has 0 aliphatic rings. The molecule has 0 fully saturated rings. The Kier molecular flexibility index (Phi) is 6.10. The highest BCUT2D eigenvalue weighted by atomic mass is 19.3. The van der Waals surface area contributed by atoms with Crippen LogP contribution in [-0.2, 0) is 4.74 Å². The maximum Gasteiger partial charge on any atom is 0.345 e. The first-order valence-corrected chi connectivity index (χ1v) is 3.13. The van der Waals surface area contributed by atoms with Gasteiger partial charge in [0.15, 0.2) is 0 Å². The normalized spacial score (nSPS) is 9.20. The molecule has 0 saturated carbocycles. The van der Waals surface area contributed by atoms with Crippen LogP contribution in [0.5, 0.6) is 0 Å². The maximum absolute atomic E-state index is 11.3. The predicted octanol–water partition coefficient (Wildman–Crippen LogP) is 2.03. The molecule has 0 aromatic rings. The van der Waals surface area contributed by atoms with Gasteiger partial charge < -0.3 is 4.74 Å². The zero-order valence-electron chi connectivity index (χ0n) is 5.86. The van der Waals surface area contributed by atoms with Gasteiger partial charge in [-0.15, -0.1) is 11.8 Å². The Morgan fingerprint density at radius 1 is 1.40 bits per heavy atom. The van der Waals surface area contributed by atoms with Gasteiger partial charge >= 0.3 is 6.61 Å². The van der Waals surface area contributed by atoms with E-state index in [1.54, 1.807) is 0 Å². The van der Waals surface area contributed by atoms with Gasteiger partial charge in [0.1, 0.15) is 0 Å². The average molecular weight is 148 g/mol. The molecular weight excluding hydrogens is 138 g/mol. The number of halogens is 2. The van der Waals surface area contributed by atoms with Crippen LogP contribution in [0.25, 0.3) is 0 Å². The van der Waals surface area contributed by atoms with Gasteiger partial charge in [-0.2, -0.15) is 8.78 Å². The van der Waals surface area contributed by atoms with Crippen molar-refractivity contribution in [3.8, 4) is 11.8 Å². The quantitative estimate of drug-likeness (QED) is 0.439. The van der Waals surface area contributed by atoms with E-state index in [-0.39, 0.29) is 6.61 Å². The molecule has 0 radical (unpaired) electrons. The van der Waals surface area contributed by atoms with E-state index < -0.39 is 6.61 Å². The fourth-order valence-electron chi connectivity index (χ4n) is 0.412. The lowest BCUT2D eigenvalue weighted by molar-refractivity contribution is -0.126. The number of ether oxygens (including phenoxy) is 1. The summed E-state index contributed by atoms with van der Waals surface area (Å²) in [5, 5.41) is 0. The predicted molar refractivity (Wildman–Crippen MR) is 34.6 cm³/mol. The van der Waals surface area contributed by atoms with Gasteiger partial charge in [-0.05, 0) is 0 Å². The number of alkyl halides is 2. The zero-order chi connectivity index (χ0) is 7.82. The van der Waals surface area contributed by atoms with Crippen LogP contribution in [0.15, 0.2) is 0 Å². The zero-order valence-corrected chi connectivity index (χ0v) is 5.86. The summed E-state index contributed by atoms with van der Waals surface area (Å²) in [7, 11) is 0. The van der Waals surface area contributed by atoms with Crippen molar-refractivity contribution in [1.29, 1.82) is 0 Å². The first kappa shape index (κ1) is 9.38. The van der Waals surface area contributed by atoms with Crippen LogP contribution >= 0.6 is 0 Å². The molecule has 0 aliphatic heterocycles. The van der Waals surface area contributed by atoms with Crippen LogP contribution in [0.4, 0.5) is 8.78 Å². The first-order chi connectivity index (χ1) is 4.77. The highest BCUT2D eigenvalue weighted by molar-refractivity contribution is 4.97. The monoisotopic (exact) mass is 148 g/mol. The standard InChI is InChI=1S/C7H10F2O/c1-2-3-4-5-6-10-7(8)9/h7H,2,5-6H2,1H3. The fourth-order valence-corrected chi connectivity index (χ4v) is 0.412. The topological polar surface area (TPSA) is 9.23 Å². The summed E-state index contributed by atoms with van der Waals surface area (Å²) >= 11 is 0. The molecule has 0 saturated heterocycles. The van der Waals surface area contributed by atoms with E-state index in [0.29, 0.717) is 6.42 Å². The minimum atomic E-state index is -2.66. The Morgan fingerprint density at radius 2 is 2.10 bits per heavy atom. The molecule has 0 unspecified atom stereocenters. The summed E-state index contributed by atoms with van der Waals surface area (Å²) in [6.45, 7) is -0.741. The van der Waals surface area contributed by atoms with Crippen molar-refractivity contribution in [2.75, 3.05) is 6.61 Å². The largest absolute Gasteiger partial charge is 0.345 e. The van der Waals surface area contributed by atoms with Crippen molar-refractivity contribution in [1.82, 2.24) is 0 Å². The lowest BCUT2D eigenvalue weighted by atomic mass is 10.4. The summed E-state index contributed by atoms with van der Waals surface area (Å²) in [6, 6.07) is 0. The van der Waals surface area contributed by atoms with Crippen molar-refractivity contribution >= 4 is 0 Å². The fraction of sp³-hybridized carbons (Fsp3) is 0.714. The average Bonchev–Trinajstić information content (AvgIpc) is 1.87. The molecule has 0 aliphatic carbocycles. The molecule has 0 heterocycles. The van der Waals surface area contributed by atoms with Gasteiger partial charge in [0.05, 0.1) is 6.61 Å². The van der Waals surface area contributed by atoms with Gasteiger partial charge in [-0.3, -0.25) is 0 Å². The molecule has 0 atom stereocenters. The minimum absolute atomic E-state index is 0.0185. The molecule has 0 rings (SSSR count). The Morgan fingerprint density at radius 3 is 2.60 bits per heavy atom. The summed E-state index contributed by atoms with van der Waals surface area (Å²) in [6.07, 6.45) is 1.15. The number of rotatable bonds is 3. The summed E-state index contributed by atoms with van der Waals surface area (Å²) < 4.78 is 26.5. The molecule has 0 aromatic heterocycles. The number of hydrogen-bond acceptors (Lipinski definition) is 1. The highest BCUT2D eigenvalue weighted by Gasteiger charge is 1.97. The molecule has 58 valence electrons. The van der Waals surface area contributed by atoms with Gasteiger partial charge in [-0.25, -0.2) is 0 Å². The van der Waals surface area contributed by atoms with E-state index in [4.69, 9.17) is 0 Å². The Balaban J connectivity index is 3.05.